The first kappa shape index (κ1) is 20.8. The molecule has 6 nitrogen and oxygen atoms in total. The van der Waals surface area contributed by atoms with Gasteiger partial charge >= 0.3 is 0 Å². The van der Waals surface area contributed by atoms with Crippen molar-refractivity contribution in [3.05, 3.63) is 122 Å². The smallest absolute Gasteiger partial charge is 0.0887 e. The van der Waals surface area contributed by atoms with Crippen LogP contribution in [0, 0.1) is 0 Å². The van der Waals surface area contributed by atoms with Crippen LogP contribution < -0.4 is 0 Å². The Hall–Kier alpha value is -5.36. The molecule has 0 spiro atoms. The second-order valence-corrected chi connectivity index (χ2v) is 9.29. The minimum atomic E-state index is 0.828. The minimum absolute atomic E-state index is 0.828. The molecular weight excluding hydrogens is 468 g/mol. The third kappa shape index (κ3) is 3.01. The molecule has 0 aliphatic heterocycles. The van der Waals surface area contributed by atoms with Gasteiger partial charge in [-0.2, -0.15) is 0 Å². The Morgan fingerprint density at radius 3 is 1.29 bits per heavy atom. The maximum absolute atomic E-state index is 4.80. The van der Waals surface area contributed by atoms with Crippen LogP contribution in [-0.2, 0) is 0 Å². The predicted molar refractivity (Wildman–Crippen MR) is 152 cm³/mol. The van der Waals surface area contributed by atoms with E-state index in [2.05, 4.69) is 79.8 Å². The molecule has 0 amide bonds. The Kier molecular flexibility index (Phi) is 4.42. The molecule has 6 aromatic heterocycles. The number of rotatable bonds is 3. The maximum Gasteiger partial charge on any atom is 0.0887 e. The highest BCUT2D eigenvalue weighted by molar-refractivity contribution is 6.09. The molecule has 178 valence electrons. The van der Waals surface area contributed by atoms with E-state index >= 15 is 0 Å². The van der Waals surface area contributed by atoms with Gasteiger partial charge in [0.15, 0.2) is 0 Å². The summed E-state index contributed by atoms with van der Waals surface area (Å²) in [5.74, 6) is 0. The number of aromatic nitrogens is 6. The van der Waals surface area contributed by atoms with E-state index in [-0.39, 0.29) is 0 Å². The van der Waals surface area contributed by atoms with Gasteiger partial charge in [0.25, 0.3) is 0 Å². The molecule has 0 aliphatic rings. The van der Waals surface area contributed by atoms with E-state index in [1.165, 1.54) is 10.8 Å². The van der Waals surface area contributed by atoms with Crippen LogP contribution >= 0.6 is 0 Å². The molecule has 0 unspecified atom stereocenters. The molecule has 2 aromatic carbocycles. The van der Waals surface area contributed by atoms with Crippen molar-refractivity contribution in [2.75, 3.05) is 0 Å². The standard InChI is InChI=1S/C32H20N6/c1-3-7-29-23(5-1)25-19-33-15-13-31(25)37(29)21-9-11-27(35-17-21)28-12-10-22(18-36-28)38-30-8-4-2-6-24(30)26-20-34-16-14-32(26)38/h1-20H. The van der Waals surface area contributed by atoms with Crippen molar-refractivity contribution in [2.24, 2.45) is 0 Å². The van der Waals surface area contributed by atoms with Crippen molar-refractivity contribution in [3.63, 3.8) is 0 Å². The molecule has 0 saturated carbocycles. The second-order valence-electron chi connectivity index (χ2n) is 9.29. The van der Waals surface area contributed by atoms with E-state index in [9.17, 15) is 0 Å². The Labute approximate surface area is 217 Å². The number of benzene rings is 2. The second kappa shape index (κ2) is 8.08. The van der Waals surface area contributed by atoms with Gasteiger partial charge in [-0.05, 0) is 48.5 Å². The maximum atomic E-state index is 4.80. The molecular formula is C32H20N6. The quantitative estimate of drug-likeness (QED) is 0.265. The summed E-state index contributed by atoms with van der Waals surface area (Å²) in [6.07, 6.45) is 11.3. The molecule has 8 aromatic rings. The van der Waals surface area contributed by atoms with Crippen molar-refractivity contribution in [3.8, 4) is 22.8 Å². The Bertz CT molecular complexity index is 1860. The van der Waals surface area contributed by atoms with Crippen LogP contribution in [0.25, 0.3) is 66.4 Å². The summed E-state index contributed by atoms with van der Waals surface area (Å²) in [7, 11) is 0. The summed E-state index contributed by atoms with van der Waals surface area (Å²) in [5.41, 5.74) is 8.15. The molecule has 6 heterocycles. The zero-order valence-electron chi connectivity index (χ0n) is 20.2. The lowest BCUT2D eigenvalue weighted by Gasteiger charge is -2.10. The number of hydrogen-bond acceptors (Lipinski definition) is 4. The average Bonchev–Trinajstić information content (AvgIpc) is 3.51. The highest BCUT2D eigenvalue weighted by Crippen LogP contribution is 2.33. The van der Waals surface area contributed by atoms with E-state index < -0.39 is 0 Å². The first-order valence-corrected chi connectivity index (χ1v) is 12.5. The highest BCUT2D eigenvalue weighted by Gasteiger charge is 2.14. The summed E-state index contributed by atoms with van der Waals surface area (Å²) in [6.45, 7) is 0. The fourth-order valence-electron chi connectivity index (χ4n) is 5.53. The first-order valence-electron chi connectivity index (χ1n) is 12.5. The van der Waals surface area contributed by atoms with Gasteiger partial charge in [-0.15, -0.1) is 0 Å². The average molecular weight is 489 g/mol. The van der Waals surface area contributed by atoms with Gasteiger partial charge in [0.05, 0.1) is 57.2 Å². The summed E-state index contributed by atoms with van der Waals surface area (Å²) in [6, 6.07) is 29.2. The topological polar surface area (TPSA) is 61.4 Å². The van der Waals surface area contributed by atoms with Crippen LogP contribution in [-0.4, -0.2) is 29.1 Å². The molecule has 38 heavy (non-hydrogen) atoms. The van der Waals surface area contributed by atoms with Crippen LogP contribution in [0.2, 0.25) is 0 Å². The first-order chi connectivity index (χ1) is 18.9. The van der Waals surface area contributed by atoms with Gasteiger partial charge in [0.1, 0.15) is 0 Å². The Morgan fingerprint density at radius 1 is 0.395 bits per heavy atom. The fraction of sp³-hybridized carbons (Fsp3) is 0. The van der Waals surface area contributed by atoms with Gasteiger partial charge in [-0.3, -0.25) is 19.9 Å². The van der Waals surface area contributed by atoms with E-state index in [0.717, 1.165) is 55.6 Å². The molecule has 0 saturated heterocycles. The van der Waals surface area contributed by atoms with Crippen molar-refractivity contribution >= 4 is 43.6 Å². The van der Waals surface area contributed by atoms with Gasteiger partial charge in [-0.25, -0.2) is 0 Å². The van der Waals surface area contributed by atoms with E-state index in [4.69, 9.17) is 9.97 Å². The molecule has 6 heteroatoms. The normalized spacial score (nSPS) is 11.7. The van der Waals surface area contributed by atoms with Gasteiger partial charge in [0.2, 0.25) is 0 Å². The van der Waals surface area contributed by atoms with Gasteiger partial charge in [-0.1, -0.05) is 36.4 Å². The van der Waals surface area contributed by atoms with Crippen LogP contribution in [0.4, 0.5) is 0 Å². The van der Waals surface area contributed by atoms with Crippen molar-refractivity contribution < 1.29 is 0 Å². The molecule has 0 fully saturated rings. The predicted octanol–water partition coefficient (Wildman–Crippen LogP) is 7.13. The summed E-state index contributed by atoms with van der Waals surface area (Å²) < 4.78 is 4.47. The van der Waals surface area contributed by atoms with E-state index in [1.807, 2.05) is 61.4 Å². The largest absolute Gasteiger partial charge is 0.308 e. The zero-order valence-corrected chi connectivity index (χ0v) is 20.2. The third-order valence-corrected chi connectivity index (χ3v) is 7.22. The minimum Gasteiger partial charge on any atom is -0.308 e. The lowest BCUT2D eigenvalue weighted by molar-refractivity contribution is 1.12. The molecule has 0 aliphatic carbocycles. The number of para-hydroxylation sites is 2. The molecule has 0 radical (unpaired) electrons. The highest BCUT2D eigenvalue weighted by atomic mass is 15.0. The van der Waals surface area contributed by atoms with Gasteiger partial charge in [0, 0.05) is 46.3 Å². The Morgan fingerprint density at radius 2 is 0.842 bits per heavy atom. The molecule has 8 rings (SSSR count). The SMILES string of the molecule is c1ccc2c(c1)c1cnccc1n2-c1ccc(-c2ccc(-n3c4ccccc4c4cnccc43)cn2)nc1. The van der Waals surface area contributed by atoms with Gasteiger partial charge < -0.3 is 9.13 Å². The van der Waals surface area contributed by atoms with Crippen molar-refractivity contribution in [1.29, 1.82) is 0 Å². The van der Waals surface area contributed by atoms with Crippen LogP contribution in [0.5, 0.6) is 0 Å². The van der Waals surface area contributed by atoms with Crippen molar-refractivity contribution in [1.82, 2.24) is 29.1 Å². The number of hydrogen-bond donors (Lipinski definition) is 0. The molecule has 0 bridgehead atoms. The van der Waals surface area contributed by atoms with Crippen molar-refractivity contribution in [2.45, 2.75) is 0 Å². The lowest BCUT2D eigenvalue weighted by Crippen LogP contribution is -1.97. The van der Waals surface area contributed by atoms with Crippen LogP contribution in [0.3, 0.4) is 0 Å². The summed E-state index contributed by atoms with van der Waals surface area (Å²) in [4.78, 5) is 18.3. The van der Waals surface area contributed by atoms with Crippen LogP contribution in [0.15, 0.2) is 122 Å². The summed E-state index contributed by atoms with van der Waals surface area (Å²) >= 11 is 0. The van der Waals surface area contributed by atoms with Crippen LogP contribution in [0.1, 0.15) is 0 Å². The number of pyridine rings is 4. The number of fused-ring (bicyclic) bond motifs is 6. The Balaban J connectivity index is 1.20. The zero-order chi connectivity index (χ0) is 25.1. The lowest BCUT2D eigenvalue weighted by atomic mass is 10.2. The molecule has 0 N–H and O–H groups in total. The summed E-state index contributed by atoms with van der Waals surface area (Å²) in [5, 5.41) is 4.62. The molecule has 0 atom stereocenters. The number of nitrogens with zero attached hydrogens (tertiary/aromatic N) is 6. The fourth-order valence-corrected chi connectivity index (χ4v) is 5.53. The van der Waals surface area contributed by atoms with E-state index in [1.54, 1.807) is 0 Å². The third-order valence-electron chi connectivity index (χ3n) is 7.22. The van der Waals surface area contributed by atoms with E-state index in [0.29, 0.717) is 0 Å². The monoisotopic (exact) mass is 488 g/mol.